The molecule has 0 saturated carbocycles. The highest BCUT2D eigenvalue weighted by atomic mass is 16.5. The molecule has 0 fully saturated rings. The van der Waals surface area contributed by atoms with E-state index in [-0.39, 0.29) is 23.2 Å². The molecule has 0 saturated heterocycles. The van der Waals surface area contributed by atoms with Gasteiger partial charge in [-0.25, -0.2) is 0 Å². The Morgan fingerprint density at radius 1 is 1.22 bits per heavy atom. The maximum atomic E-state index is 12.4. The van der Waals surface area contributed by atoms with Crippen LogP contribution in [0.1, 0.15) is 98.5 Å². The average Bonchev–Trinajstić information content (AvgIpc) is 3.23. The van der Waals surface area contributed by atoms with Crippen LogP contribution in [0.5, 0.6) is 0 Å². The number of rotatable bonds is 13. The summed E-state index contributed by atoms with van der Waals surface area (Å²) in [7, 11) is 0. The molecule has 2 unspecified atom stereocenters. The van der Waals surface area contributed by atoms with Crippen molar-refractivity contribution in [2.45, 2.75) is 105 Å². The van der Waals surface area contributed by atoms with Gasteiger partial charge in [0.25, 0.3) is 6.47 Å². The lowest BCUT2D eigenvalue weighted by Crippen LogP contribution is -2.35. The highest BCUT2D eigenvalue weighted by molar-refractivity contribution is 5.86. The maximum absolute atomic E-state index is 12.4. The fraction of sp³-hybridized carbons (Fsp3) is 0.562. The monoisotopic (exact) mass is 498 g/mol. The minimum atomic E-state index is -0.506. The molecule has 3 atom stereocenters. The molecule has 1 aromatic rings. The fourth-order valence-electron chi connectivity index (χ4n) is 4.70. The van der Waals surface area contributed by atoms with Crippen molar-refractivity contribution in [1.29, 1.82) is 0 Å². The Labute approximate surface area is 220 Å². The van der Waals surface area contributed by atoms with Crippen LogP contribution in [0, 0.1) is 11.3 Å². The van der Waals surface area contributed by atoms with Gasteiger partial charge >= 0.3 is 0 Å². The lowest BCUT2D eigenvalue weighted by Gasteiger charge is -2.28. The molecule has 202 valence electrons. The first-order valence-corrected chi connectivity index (χ1v) is 13.3. The van der Waals surface area contributed by atoms with E-state index < -0.39 is 6.10 Å². The molecular weight excluding hydrogens is 448 g/mol. The highest BCUT2D eigenvalue weighted by Gasteiger charge is 2.33. The van der Waals surface area contributed by atoms with E-state index in [0.717, 1.165) is 44.9 Å². The number of hydrogen-bond donors (Lipinski definition) is 1. The van der Waals surface area contributed by atoms with Gasteiger partial charge in [-0.15, -0.1) is 19.7 Å². The second kappa shape index (κ2) is 17.9. The van der Waals surface area contributed by atoms with Crippen molar-refractivity contribution >= 4 is 17.8 Å². The van der Waals surface area contributed by atoms with Crippen molar-refractivity contribution < 1.29 is 19.4 Å². The second-order valence-corrected chi connectivity index (χ2v) is 10.3. The Morgan fingerprint density at radius 3 is 2.36 bits per heavy atom. The van der Waals surface area contributed by atoms with E-state index in [9.17, 15) is 14.7 Å². The van der Waals surface area contributed by atoms with E-state index in [1.807, 2.05) is 52.8 Å². The van der Waals surface area contributed by atoms with Crippen LogP contribution in [0.25, 0.3) is 5.57 Å². The first-order valence-electron chi connectivity index (χ1n) is 13.3. The van der Waals surface area contributed by atoms with Crippen molar-refractivity contribution in [2.75, 3.05) is 0 Å². The van der Waals surface area contributed by atoms with E-state index >= 15 is 0 Å². The number of ketones is 1. The Balaban J connectivity index is 0.000000648. The number of hydrogen-bond acceptors (Lipinski definition) is 4. The van der Waals surface area contributed by atoms with Crippen molar-refractivity contribution in [3.8, 4) is 0 Å². The van der Waals surface area contributed by atoms with Gasteiger partial charge in [-0.3, -0.25) is 9.59 Å². The molecule has 0 bridgehead atoms. The summed E-state index contributed by atoms with van der Waals surface area (Å²) in [5, 5.41) is 10.1. The van der Waals surface area contributed by atoms with Gasteiger partial charge in [-0.1, -0.05) is 76.4 Å². The van der Waals surface area contributed by atoms with Gasteiger partial charge in [-0.05, 0) is 69.1 Å². The first kappa shape index (κ1) is 33.5. The molecule has 2 rings (SSSR count). The van der Waals surface area contributed by atoms with Gasteiger partial charge < -0.3 is 9.84 Å². The molecule has 1 N–H and O–H groups in total. The van der Waals surface area contributed by atoms with Gasteiger partial charge in [0, 0.05) is 11.3 Å². The quantitative estimate of drug-likeness (QED) is 0.169. The third kappa shape index (κ3) is 11.5. The predicted octanol–water partition coefficient (Wildman–Crippen LogP) is 8.11. The molecule has 4 nitrogen and oxygen atoms in total. The minimum absolute atomic E-state index is 0.0160. The third-order valence-electron chi connectivity index (χ3n) is 6.84. The Bertz CT molecular complexity index is 822. The molecule has 0 spiro atoms. The molecule has 36 heavy (non-hydrogen) atoms. The van der Waals surface area contributed by atoms with E-state index in [1.165, 1.54) is 22.3 Å². The van der Waals surface area contributed by atoms with Crippen molar-refractivity contribution in [3.63, 3.8) is 0 Å². The molecule has 0 aromatic heterocycles. The van der Waals surface area contributed by atoms with Crippen LogP contribution in [0.4, 0.5) is 0 Å². The van der Waals surface area contributed by atoms with Gasteiger partial charge in [0.05, 0.1) is 6.10 Å². The predicted molar refractivity (Wildman–Crippen MR) is 153 cm³/mol. The number of Topliss-reactive ketones (excluding diaryl/α,β-unsaturated/α-hetero) is 1. The number of aliphatic hydroxyl groups is 1. The smallest absolute Gasteiger partial charge is 0.293 e. The lowest BCUT2D eigenvalue weighted by atomic mass is 9.76. The van der Waals surface area contributed by atoms with Gasteiger partial charge in [-0.2, -0.15) is 0 Å². The fourth-order valence-corrected chi connectivity index (χ4v) is 4.70. The zero-order chi connectivity index (χ0) is 27.7. The third-order valence-corrected chi connectivity index (χ3v) is 6.84. The Hall–Kier alpha value is -2.46. The lowest BCUT2D eigenvalue weighted by molar-refractivity contribution is -0.134. The summed E-state index contributed by atoms with van der Waals surface area (Å²) in [6.45, 7) is 22.4. The number of unbranched alkanes of at least 4 members (excludes halogenated alkanes) is 1. The van der Waals surface area contributed by atoms with Crippen LogP contribution >= 0.6 is 0 Å². The largest absolute Gasteiger partial charge is 0.460 e. The molecule has 0 heterocycles. The van der Waals surface area contributed by atoms with Crippen LogP contribution < -0.4 is 0 Å². The van der Waals surface area contributed by atoms with E-state index in [4.69, 9.17) is 4.74 Å². The molecule has 0 radical (unpaired) electrons. The number of aliphatic hydroxyl groups excluding tert-OH is 1. The SMILES string of the molecule is C=C.C=C(C)CCCCC(O)[C@@H](C)C(=O)C(C)(C)CCC.CC1=C(c2ccccc2)CCC1OC=O. The topological polar surface area (TPSA) is 63.6 Å². The molecule has 0 aliphatic heterocycles. The number of carbonyl (C=O) groups excluding carboxylic acids is 2. The standard InChI is InChI=1S/C17H32O2.C13H14O2.C2H4/c1-7-12-17(5,6)16(19)14(4)15(18)11-9-8-10-13(2)3;1-10-12(7-8-13(10)15-9-14)11-5-3-2-4-6-11;1-2/h14-15,18H,2,7-12H2,1,3-6H3;2-6,9,13H,7-8H2,1H3;1-2H2/t14-,15?;;/m1../s1. The van der Waals surface area contributed by atoms with E-state index in [1.54, 1.807) is 0 Å². The van der Waals surface area contributed by atoms with Crippen LogP contribution in [0.15, 0.2) is 61.2 Å². The summed E-state index contributed by atoms with van der Waals surface area (Å²) in [4.78, 5) is 22.7. The summed E-state index contributed by atoms with van der Waals surface area (Å²) < 4.78 is 5.03. The normalized spacial score (nSPS) is 16.6. The van der Waals surface area contributed by atoms with Gasteiger partial charge in [0.1, 0.15) is 11.9 Å². The zero-order valence-electron chi connectivity index (χ0n) is 23.6. The number of carbonyl (C=O) groups is 2. The van der Waals surface area contributed by atoms with Crippen molar-refractivity contribution in [1.82, 2.24) is 0 Å². The van der Waals surface area contributed by atoms with Crippen LogP contribution in [0.2, 0.25) is 0 Å². The average molecular weight is 499 g/mol. The number of benzene rings is 1. The Morgan fingerprint density at radius 2 is 1.83 bits per heavy atom. The van der Waals surface area contributed by atoms with E-state index in [0.29, 0.717) is 12.9 Å². The number of ether oxygens (including phenoxy) is 1. The molecular formula is C32H50O4. The maximum Gasteiger partial charge on any atom is 0.293 e. The summed E-state index contributed by atoms with van der Waals surface area (Å²) in [6, 6.07) is 10.3. The summed E-state index contributed by atoms with van der Waals surface area (Å²) in [6.07, 6.45) is 7.00. The van der Waals surface area contributed by atoms with Gasteiger partial charge in [0.15, 0.2) is 0 Å². The summed E-state index contributed by atoms with van der Waals surface area (Å²) in [5.41, 5.74) is 4.62. The number of allylic oxidation sites excluding steroid dienone is 2. The summed E-state index contributed by atoms with van der Waals surface area (Å²) in [5.74, 6) is -0.0619. The molecule has 4 heteroatoms. The van der Waals surface area contributed by atoms with Crippen LogP contribution in [-0.4, -0.2) is 29.6 Å². The van der Waals surface area contributed by atoms with Crippen LogP contribution in [-0.2, 0) is 14.3 Å². The Kier molecular flexibility index (Phi) is 16.7. The molecule has 1 aromatic carbocycles. The molecule has 1 aliphatic carbocycles. The minimum Gasteiger partial charge on any atom is -0.460 e. The van der Waals surface area contributed by atoms with Crippen molar-refractivity contribution in [3.05, 3.63) is 66.8 Å². The molecule has 0 amide bonds. The van der Waals surface area contributed by atoms with E-state index in [2.05, 4.69) is 38.8 Å². The van der Waals surface area contributed by atoms with Crippen LogP contribution in [0.3, 0.4) is 0 Å². The zero-order valence-corrected chi connectivity index (χ0v) is 23.6. The van der Waals surface area contributed by atoms with Gasteiger partial charge in [0.2, 0.25) is 0 Å². The molecule has 1 aliphatic rings. The second-order valence-electron chi connectivity index (χ2n) is 10.3. The first-order chi connectivity index (χ1) is 17.0. The highest BCUT2D eigenvalue weighted by Crippen LogP contribution is 2.35. The van der Waals surface area contributed by atoms with Crippen molar-refractivity contribution in [2.24, 2.45) is 11.3 Å². The summed E-state index contributed by atoms with van der Waals surface area (Å²) >= 11 is 0.